The van der Waals surface area contributed by atoms with Crippen LogP contribution in [0.2, 0.25) is 0 Å². The smallest absolute Gasteiger partial charge is 0.0652 e. The van der Waals surface area contributed by atoms with Crippen LogP contribution in [0.5, 0.6) is 0 Å². The Labute approximate surface area is 143 Å². The van der Waals surface area contributed by atoms with Crippen LogP contribution < -0.4 is 9.91 Å². The molecule has 0 bridgehead atoms. The molecule has 3 heteroatoms. The van der Waals surface area contributed by atoms with E-state index in [1.54, 1.807) is 0 Å². The topological polar surface area (TPSA) is 18.8 Å². The van der Waals surface area contributed by atoms with Gasteiger partial charge in [-0.25, -0.2) is 5.01 Å². The summed E-state index contributed by atoms with van der Waals surface area (Å²) in [4.78, 5) is 2.09. The van der Waals surface area contributed by atoms with Crippen molar-refractivity contribution in [3.63, 3.8) is 0 Å². The van der Waals surface area contributed by atoms with Crippen LogP contribution in [-0.2, 0) is 0 Å². The fourth-order valence-electron chi connectivity index (χ4n) is 2.54. The van der Waals surface area contributed by atoms with Gasteiger partial charge in [-0.2, -0.15) is 5.10 Å². The molecule has 0 spiro atoms. The van der Waals surface area contributed by atoms with E-state index in [0.717, 1.165) is 22.6 Å². The Balaban J connectivity index is 1.99. The molecule has 0 saturated heterocycles. The number of anilines is 3. The fraction of sp³-hybridized carbons (Fsp3) is 0.0952. The van der Waals surface area contributed by atoms with E-state index in [0.29, 0.717) is 0 Å². The van der Waals surface area contributed by atoms with Crippen LogP contribution in [0, 0.1) is 0 Å². The van der Waals surface area contributed by atoms with Gasteiger partial charge in [0.05, 0.1) is 17.6 Å². The van der Waals surface area contributed by atoms with Gasteiger partial charge in [-0.3, -0.25) is 0 Å². The van der Waals surface area contributed by atoms with Crippen molar-refractivity contribution in [2.75, 3.05) is 24.0 Å². The summed E-state index contributed by atoms with van der Waals surface area (Å²) in [6, 6.07) is 28.6. The number of para-hydroxylation sites is 3. The number of hydrogen-bond acceptors (Lipinski definition) is 3. The zero-order valence-electron chi connectivity index (χ0n) is 14.0. The van der Waals surface area contributed by atoms with Crippen molar-refractivity contribution in [1.82, 2.24) is 0 Å². The Morgan fingerprint density at radius 1 is 0.667 bits per heavy atom. The lowest BCUT2D eigenvalue weighted by Gasteiger charge is -2.20. The molecule has 3 nitrogen and oxygen atoms in total. The first-order chi connectivity index (χ1) is 11.8. The van der Waals surface area contributed by atoms with E-state index in [1.807, 2.05) is 73.8 Å². The molecule has 120 valence electrons. The Morgan fingerprint density at radius 3 is 1.71 bits per heavy atom. The minimum absolute atomic E-state index is 1.03. The van der Waals surface area contributed by atoms with Crippen molar-refractivity contribution in [3.8, 4) is 0 Å². The molecular formula is C21H21N3. The lowest BCUT2D eigenvalue weighted by Crippen LogP contribution is -2.12. The van der Waals surface area contributed by atoms with Crippen molar-refractivity contribution in [2.24, 2.45) is 5.10 Å². The molecule has 0 aliphatic carbocycles. The number of hydrazone groups is 1. The van der Waals surface area contributed by atoms with Crippen LogP contribution in [0.15, 0.2) is 90.0 Å². The number of nitrogens with zero attached hydrogens (tertiary/aromatic N) is 3. The first kappa shape index (κ1) is 15.8. The van der Waals surface area contributed by atoms with Crippen LogP contribution in [0.25, 0.3) is 0 Å². The molecule has 0 aromatic heterocycles. The van der Waals surface area contributed by atoms with Gasteiger partial charge in [-0.15, -0.1) is 0 Å². The van der Waals surface area contributed by atoms with E-state index in [9.17, 15) is 0 Å². The van der Waals surface area contributed by atoms with Gasteiger partial charge >= 0.3 is 0 Å². The molecule has 0 heterocycles. The first-order valence-corrected chi connectivity index (χ1v) is 7.96. The van der Waals surface area contributed by atoms with Crippen molar-refractivity contribution < 1.29 is 0 Å². The Morgan fingerprint density at radius 2 is 1.17 bits per heavy atom. The van der Waals surface area contributed by atoms with Crippen LogP contribution >= 0.6 is 0 Å². The summed E-state index contributed by atoms with van der Waals surface area (Å²) in [7, 11) is 4.08. The van der Waals surface area contributed by atoms with Crippen LogP contribution in [0.1, 0.15) is 5.56 Å². The maximum atomic E-state index is 4.76. The summed E-state index contributed by atoms with van der Waals surface area (Å²) >= 11 is 0. The molecule has 0 amide bonds. The minimum atomic E-state index is 1.03. The second-order valence-corrected chi connectivity index (χ2v) is 5.68. The third-order valence-corrected chi connectivity index (χ3v) is 3.73. The standard InChI is InChI=1S/C21H21N3/c1-23(2)21-16-10-9-11-18(21)17-22-24(19-12-5-3-6-13-19)20-14-7-4-8-15-20/h3-17H,1-2H3/b22-17+. The lowest BCUT2D eigenvalue weighted by atomic mass is 10.2. The second kappa shape index (κ2) is 7.47. The predicted octanol–water partition coefficient (Wildman–Crippen LogP) is 4.92. The van der Waals surface area contributed by atoms with Gasteiger partial charge < -0.3 is 4.90 Å². The second-order valence-electron chi connectivity index (χ2n) is 5.68. The van der Waals surface area contributed by atoms with E-state index in [1.165, 1.54) is 0 Å². The average Bonchev–Trinajstić information content (AvgIpc) is 2.64. The van der Waals surface area contributed by atoms with E-state index < -0.39 is 0 Å². The van der Waals surface area contributed by atoms with Gasteiger partial charge in [0, 0.05) is 25.3 Å². The zero-order chi connectivity index (χ0) is 16.8. The molecule has 3 aromatic carbocycles. The van der Waals surface area contributed by atoms with E-state index in [-0.39, 0.29) is 0 Å². The normalized spacial score (nSPS) is 10.8. The maximum absolute atomic E-state index is 4.76. The molecule has 0 N–H and O–H groups in total. The van der Waals surface area contributed by atoms with Gasteiger partial charge in [0.1, 0.15) is 0 Å². The zero-order valence-corrected chi connectivity index (χ0v) is 14.0. The molecule has 0 aliphatic heterocycles. The summed E-state index contributed by atoms with van der Waals surface area (Å²) in [5, 5.41) is 6.71. The highest BCUT2D eigenvalue weighted by Gasteiger charge is 2.07. The summed E-state index contributed by atoms with van der Waals surface area (Å²) in [5.41, 5.74) is 4.28. The van der Waals surface area contributed by atoms with Crippen molar-refractivity contribution in [2.45, 2.75) is 0 Å². The molecule has 0 saturated carbocycles. The summed E-state index contributed by atoms with van der Waals surface area (Å²) in [6.45, 7) is 0. The highest BCUT2D eigenvalue weighted by atomic mass is 15.5. The van der Waals surface area contributed by atoms with E-state index in [2.05, 4.69) is 41.3 Å². The predicted molar refractivity (Wildman–Crippen MR) is 103 cm³/mol. The van der Waals surface area contributed by atoms with Gasteiger partial charge in [0.15, 0.2) is 0 Å². The third kappa shape index (κ3) is 3.63. The molecule has 0 atom stereocenters. The van der Waals surface area contributed by atoms with Crippen molar-refractivity contribution in [3.05, 3.63) is 90.5 Å². The first-order valence-electron chi connectivity index (χ1n) is 7.96. The van der Waals surface area contributed by atoms with Crippen molar-refractivity contribution in [1.29, 1.82) is 0 Å². The van der Waals surface area contributed by atoms with E-state index >= 15 is 0 Å². The number of benzene rings is 3. The molecule has 24 heavy (non-hydrogen) atoms. The Kier molecular flexibility index (Phi) is 4.92. The molecule has 0 aliphatic rings. The van der Waals surface area contributed by atoms with Gasteiger partial charge in [-0.1, -0.05) is 54.6 Å². The van der Waals surface area contributed by atoms with Crippen LogP contribution in [-0.4, -0.2) is 20.3 Å². The molecular weight excluding hydrogens is 294 g/mol. The molecule has 3 rings (SSSR count). The Hall–Kier alpha value is -3.07. The lowest BCUT2D eigenvalue weighted by molar-refractivity contribution is 1.09. The summed E-state index contributed by atoms with van der Waals surface area (Å²) < 4.78 is 0. The fourth-order valence-corrected chi connectivity index (χ4v) is 2.54. The highest BCUT2D eigenvalue weighted by Crippen LogP contribution is 2.25. The molecule has 3 aromatic rings. The molecule has 0 radical (unpaired) electrons. The highest BCUT2D eigenvalue weighted by molar-refractivity contribution is 5.89. The monoisotopic (exact) mass is 315 g/mol. The van der Waals surface area contributed by atoms with Crippen LogP contribution in [0.4, 0.5) is 17.1 Å². The van der Waals surface area contributed by atoms with Gasteiger partial charge in [0.2, 0.25) is 0 Å². The number of rotatable bonds is 5. The number of hydrogen-bond donors (Lipinski definition) is 0. The van der Waals surface area contributed by atoms with Crippen LogP contribution in [0.3, 0.4) is 0 Å². The minimum Gasteiger partial charge on any atom is -0.377 e. The largest absolute Gasteiger partial charge is 0.377 e. The van der Waals surface area contributed by atoms with Gasteiger partial charge in [0.25, 0.3) is 0 Å². The Bertz CT molecular complexity index is 756. The van der Waals surface area contributed by atoms with E-state index in [4.69, 9.17) is 5.10 Å². The third-order valence-electron chi connectivity index (χ3n) is 3.73. The summed E-state index contributed by atoms with van der Waals surface area (Å²) in [6.07, 6.45) is 1.91. The maximum Gasteiger partial charge on any atom is 0.0652 e. The molecule has 0 fully saturated rings. The van der Waals surface area contributed by atoms with Gasteiger partial charge in [-0.05, 0) is 30.3 Å². The quantitative estimate of drug-likeness (QED) is 0.491. The summed E-state index contributed by atoms with van der Waals surface area (Å²) in [5.74, 6) is 0. The molecule has 0 unspecified atom stereocenters. The van der Waals surface area contributed by atoms with Crippen molar-refractivity contribution >= 4 is 23.3 Å². The SMILES string of the molecule is CN(C)c1ccccc1/C=N/N(c1ccccc1)c1ccccc1. The average molecular weight is 315 g/mol.